The Bertz CT molecular complexity index is 242. The highest BCUT2D eigenvalue weighted by Gasteiger charge is 2.07. The topological polar surface area (TPSA) is 78.4 Å². The predicted octanol–water partition coefficient (Wildman–Crippen LogP) is 1.98. The van der Waals surface area contributed by atoms with E-state index < -0.39 is 5.97 Å². The largest absolute Gasteiger partial charge is 0.481 e. The van der Waals surface area contributed by atoms with E-state index in [2.05, 4.69) is 24.5 Å². The van der Waals surface area contributed by atoms with Gasteiger partial charge in [0.25, 0.3) is 0 Å². The van der Waals surface area contributed by atoms with Crippen molar-refractivity contribution in [3.63, 3.8) is 0 Å². The number of carbonyl (C=O) groups is 2. The van der Waals surface area contributed by atoms with E-state index in [0.29, 0.717) is 18.9 Å². The highest BCUT2D eigenvalue weighted by Crippen LogP contribution is 2.05. The normalized spacial score (nSPS) is 12.2. The Morgan fingerprint density at radius 1 is 1.18 bits per heavy atom. The SMILES string of the molecule is CC(C)CCC(C)NC(=O)NCCCC(=O)O. The lowest BCUT2D eigenvalue weighted by Gasteiger charge is -2.15. The number of carbonyl (C=O) groups excluding carboxylic acids is 1. The van der Waals surface area contributed by atoms with Crippen LogP contribution < -0.4 is 10.6 Å². The number of urea groups is 1. The van der Waals surface area contributed by atoms with Crippen molar-refractivity contribution in [3.8, 4) is 0 Å². The van der Waals surface area contributed by atoms with Gasteiger partial charge in [0.1, 0.15) is 0 Å². The molecule has 3 N–H and O–H groups in total. The number of carboxylic acids is 1. The highest BCUT2D eigenvalue weighted by atomic mass is 16.4. The van der Waals surface area contributed by atoms with Gasteiger partial charge in [-0.2, -0.15) is 0 Å². The van der Waals surface area contributed by atoms with E-state index in [1.54, 1.807) is 0 Å². The summed E-state index contributed by atoms with van der Waals surface area (Å²) in [6, 6.07) is -0.0662. The van der Waals surface area contributed by atoms with Crippen molar-refractivity contribution < 1.29 is 14.7 Å². The predicted molar refractivity (Wildman–Crippen MR) is 66.9 cm³/mol. The van der Waals surface area contributed by atoms with Crippen molar-refractivity contribution in [2.24, 2.45) is 5.92 Å². The molecule has 2 amide bonds. The molecule has 100 valence electrons. The summed E-state index contributed by atoms with van der Waals surface area (Å²) in [5.74, 6) is -0.199. The summed E-state index contributed by atoms with van der Waals surface area (Å²) in [5, 5.41) is 13.9. The zero-order valence-electron chi connectivity index (χ0n) is 11.0. The Hall–Kier alpha value is -1.26. The molecule has 0 saturated heterocycles. The number of aliphatic carboxylic acids is 1. The van der Waals surface area contributed by atoms with Gasteiger partial charge in [-0.05, 0) is 32.1 Å². The third-order valence-electron chi connectivity index (χ3n) is 2.41. The molecular formula is C12H24N2O3. The van der Waals surface area contributed by atoms with Crippen LogP contribution in [0.5, 0.6) is 0 Å². The zero-order valence-corrected chi connectivity index (χ0v) is 11.0. The maximum atomic E-state index is 11.4. The molecule has 0 aliphatic heterocycles. The van der Waals surface area contributed by atoms with Gasteiger partial charge >= 0.3 is 12.0 Å². The molecular weight excluding hydrogens is 220 g/mol. The maximum absolute atomic E-state index is 11.4. The first-order valence-corrected chi connectivity index (χ1v) is 6.18. The molecule has 0 aliphatic rings. The van der Waals surface area contributed by atoms with Gasteiger partial charge in [-0.3, -0.25) is 4.79 Å². The van der Waals surface area contributed by atoms with Crippen LogP contribution in [0.4, 0.5) is 4.79 Å². The van der Waals surface area contributed by atoms with Crippen molar-refractivity contribution in [2.75, 3.05) is 6.54 Å². The lowest BCUT2D eigenvalue weighted by molar-refractivity contribution is -0.137. The third kappa shape index (κ3) is 11.0. The molecule has 1 atom stereocenters. The quantitative estimate of drug-likeness (QED) is 0.571. The van der Waals surface area contributed by atoms with E-state index in [4.69, 9.17) is 5.11 Å². The molecule has 0 bridgehead atoms. The molecule has 1 unspecified atom stereocenters. The second kappa shape index (κ2) is 8.84. The van der Waals surface area contributed by atoms with Gasteiger partial charge in [0.05, 0.1) is 0 Å². The highest BCUT2D eigenvalue weighted by molar-refractivity contribution is 5.74. The lowest BCUT2D eigenvalue weighted by Crippen LogP contribution is -2.41. The average Bonchev–Trinajstić information content (AvgIpc) is 2.21. The minimum atomic E-state index is -0.836. The van der Waals surface area contributed by atoms with Crippen LogP contribution in [0.25, 0.3) is 0 Å². The van der Waals surface area contributed by atoms with Crippen LogP contribution in [0.1, 0.15) is 46.5 Å². The second-order valence-electron chi connectivity index (χ2n) is 4.77. The van der Waals surface area contributed by atoms with E-state index in [1.807, 2.05) is 6.92 Å². The van der Waals surface area contributed by atoms with Gasteiger partial charge in [0.15, 0.2) is 0 Å². The van der Waals surface area contributed by atoms with Gasteiger partial charge < -0.3 is 15.7 Å². The van der Waals surface area contributed by atoms with Gasteiger partial charge in [0, 0.05) is 19.0 Å². The van der Waals surface area contributed by atoms with Crippen LogP contribution in [0.3, 0.4) is 0 Å². The molecule has 0 fully saturated rings. The summed E-state index contributed by atoms with van der Waals surface area (Å²) in [6.45, 7) is 6.67. The fourth-order valence-corrected chi connectivity index (χ4v) is 1.37. The minimum absolute atomic E-state index is 0.0865. The number of hydrogen-bond acceptors (Lipinski definition) is 2. The van der Waals surface area contributed by atoms with Crippen molar-refractivity contribution in [2.45, 2.75) is 52.5 Å². The summed E-state index contributed by atoms with van der Waals surface area (Å²) < 4.78 is 0. The number of nitrogens with one attached hydrogen (secondary N) is 2. The number of rotatable bonds is 8. The molecule has 17 heavy (non-hydrogen) atoms. The van der Waals surface area contributed by atoms with Gasteiger partial charge in [0.2, 0.25) is 0 Å². The van der Waals surface area contributed by atoms with Crippen LogP contribution in [0.2, 0.25) is 0 Å². The molecule has 0 aliphatic carbocycles. The van der Waals surface area contributed by atoms with E-state index in [0.717, 1.165) is 12.8 Å². The summed E-state index contributed by atoms with van der Waals surface area (Å²) >= 11 is 0. The number of amides is 2. The molecule has 5 heteroatoms. The Balaban J connectivity index is 3.53. The van der Waals surface area contributed by atoms with Gasteiger partial charge in [-0.1, -0.05) is 13.8 Å². The van der Waals surface area contributed by atoms with Crippen molar-refractivity contribution >= 4 is 12.0 Å². The van der Waals surface area contributed by atoms with Crippen LogP contribution in [0, 0.1) is 5.92 Å². The van der Waals surface area contributed by atoms with Gasteiger partial charge in [-0.15, -0.1) is 0 Å². The van der Waals surface area contributed by atoms with Crippen molar-refractivity contribution in [3.05, 3.63) is 0 Å². The molecule has 0 spiro atoms. The van der Waals surface area contributed by atoms with E-state index in [9.17, 15) is 9.59 Å². The summed E-state index contributed by atoms with van der Waals surface area (Å²) in [5.41, 5.74) is 0. The molecule has 0 aromatic rings. The molecule has 0 rings (SSSR count). The fourth-order valence-electron chi connectivity index (χ4n) is 1.37. The van der Waals surface area contributed by atoms with Crippen LogP contribution in [0.15, 0.2) is 0 Å². The molecule has 0 radical (unpaired) electrons. The molecule has 0 aromatic heterocycles. The first kappa shape index (κ1) is 15.7. The fraction of sp³-hybridized carbons (Fsp3) is 0.833. The average molecular weight is 244 g/mol. The van der Waals surface area contributed by atoms with Crippen molar-refractivity contribution in [1.82, 2.24) is 10.6 Å². The zero-order chi connectivity index (χ0) is 13.3. The maximum Gasteiger partial charge on any atom is 0.314 e. The van der Waals surface area contributed by atoms with Crippen LogP contribution in [-0.4, -0.2) is 29.7 Å². The Labute approximate surface area is 103 Å². The first-order valence-electron chi connectivity index (χ1n) is 6.18. The smallest absolute Gasteiger partial charge is 0.314 e. The minimum Gasteiger partial charge on any atom is -0.481 e. The molecule has 0 heterocycles. The van der Waals surface area contributed by atoms with Crippen LogP contribution in [-0.2, 0) is 4.79 Å². The molecule has 0 aromatic carbocycles. The Kier molecular flexibility index (Phi) is 8.19. The van der Waals surface area contributed by atoms with E-state index >= 15 is 0 Å². The lowest BCUT2D eigenvalue weighted by atomic mass is 10.0. The number of carboxylic acid groups (broad SMARTS) is 1. The van der Waals surface area contributed by atoms with E-state index in [1.165, 1.54) is 0 Å². The van der Waals surface area contributed by atoms with E-state index in [-0.39, 0.29) is 18.5 Å². The van der Waals surface area contributed by atoms with Crippen molar-refractivity contribution in [1.29, 1.82) is 0 Å². The molecule has 0 saturated carbocycles. The Morgan fingerprint density at radius 2 is 1.82 bits per heavy atom. The summed E-state index contributed by atoms with van der Waals surface area (Å²) in [7, 11) is 0. The first-order chi connectivity index (χ1) is 7.91. The number of hydrogen-bond donors (Lipinski definition) is 3. The standard InChI is InChI=1S/C12H24N2O3/c1-9(2)6-7-10(3)14-12(17)13-8-4-5-11(15)16/h9-10H,4-8H2,1-3H3,(H,15,16)(H2,13,14,17). The van der Waals surface area contributed by atoms with Crippen LogP contribution >= 0.6 is 0 Å². The molecule has 5 nitrogen and oxygen atoms in total. The summed E-state index contributed by atoms with van der Waals surface area (Å²) in [4.78, 5) is 21.6. The Morgan fingerprint density at radius 3 is 2.35 bits per heavy atom. The second-order valence-corrected chi connectivity index (χ2v) is 4.77. The van der Waals surface area contributed by atoms with Gasteiger partial charge in [-0.25, -0.2) is 4.79 Å². The summed E-state index contributed by atoms with van der Waals surface area (Å²) in [6.07, 6.45) is 2.59. The third-order valence-corrected chi connectivity index (χ3v) is 2.41. The monoisotopic (exact) mass is 244 g/mol.